The van der Waals surface area contributed by atoms with Crippen molar-refractivity contribution in [3.8, 4) is 5.75 Å². The summed E-state index contributed by atoms with van der Waals surface area (Å²) in [6.07, 6.45) is 1.50. The monoisotopic (exact) mass is 307 g/mol. The molecule has 1 aliphatic rings. The van der Waals surface area contributed by atoms with E-state index >= 15 is 0 Å². The van der Waals surface area contributed by atoms with Crippen molar-refractivity contribution < 1.29 is 19.4 Å². The highest BCUT2D eigenvalue weighted by Crippen LogP contribution is 2.40. The van der Waals surface area contributed by atoms with Crippen molar-refractivity contribution in [2.24, 2.45) is 0 Å². The molecule has 0 fully saturated rings. The standard InChI is InChI=1S/C15H21N3O4/c1-18-13(5-6-14(21)16-7-8-22-2)17-11-3-4-12(20)10(9-19)15(11)18/h3-4,9,13,17,20H,5-8H2,1-2H3,(H,16,21). The fourth-order valence-electron chi connectivity index (χ4n) is 2.56. The summed E-state index contributed by atoms with van der Waals surface area (Å²) < 4.78 is 4.87. The number of carbonyl (C=O) groups excluding carboxylic acids is 2. The lowest BCUT2D eigenvalue weighted by Crippen LogP contribution is -2.35. The number of nitrogens with zero attached hydrogens (tertiary/aromatic N) is 1. The highest BCUT2D eigenvalue weighted by atomic mass is 16.5. The normalized spacial score (nSPS) is 16.1. The number of aldehydes is 1. The van der Waals surface area contributed by atoms with E-state index in [1.54, 1.807) is 13.2 Å². The van der Waals surface area contributed by atoms with Gasteiger partial charge in [-0.25, -0.2) is 0 Å². The second-order valence-corrected chi connectivity index (χ2v) is 5.16. The van der Waals surface area contributed by atoms with E-state index in [0.717, 1.165) is 5.69 Å². The van der Waals surface area contributed by atoms with E-state index in [4.69, 9.17) is 4.74 Å². The molecule has 2 rings (SSSR count). The van der Waals surface area contributed by atoms with Gasteiger partial charge in [-0.2, -0.15) is 0 Å². The number of methoxy groups -OCH3 is 1. The molecule has 1 heterocycles. The number of anilines is 2. The Hall–Kier alpha value is -2.28. The molecule has 0 aromatic heterocycles. The van der Waals surface area contributed by atoms with E-state index in [1.807, 2.05) is 11.9 Å². The summed E-state index contributed by atoms with van der Waals surface area (Å²) in [6.45, 7) is 0.980. The number of ether oxygens (including phenoxy) is 1. The Kier molecular flexibility index (Phi) is 5.21. The zero-order chi connectivity index (χ0) is 16.1. The van der Waals surface area contributed by atoms with E-state index in [0.29, 0.717) is 38.0 Å². The van der Waals surface area contributed by atoms with Crippen molar-refractivity contribution >= 4 is 23.6 Å². The molecule has 1 amide bonds. The number of hydrogen-bond acceptors (Lipinski definition) is 6. The lowest BCUT2D eigenvalue weighted by Gasteiger charge is -2.22. The van der Waals surface area contributed by atoms with Gasteiger partial charge in [0.1, 0.15) is 5.75 Å². The van der Waals surface area contributed by atoms with Crippen LogP contribution in [0, 0.1) is 0 Å². The Morgan fingerprint density at radius 3 is 3.00 bits per heavy atom. The SMILES string of the molecule is COCCNC(=O)CCC1Nc2ccc(O)c(C=O)c2N1C. The Morgan fingerprint density at radius 2 is 2.32 bits per heavy atom. The van der Waals surface area contributed by atoms with Crippen LogP contribution in [0.3, 0.4) is 0 Å². The number of hydrogen-bond donors (Lipinski definition) is 3. The van der Waals surface area contributed by atoms with E-state index in [1.165, 1.54) is 6.07 Å². The van der Waals surface area contributed by atoms with Gasteiger partial charge in [0.05, 0.1) is 29.7 Å². The lowest BCUT2D eigenvalue weighted by molar-refractivity contribution is -0.121. The first kappa shape index (κ1) is 16.1. The molecule has 7 heteroatoms. The molecule has 0 saturated carbocycles. The summed E-state index contributed by atoms with van der Waals surface area (Å²) in [6, 6.07) is 3.22. The number of carbonyl (C=O) groups is 2. The average Bonchev–Trinajstić information content (AvgIpc) is 2.82. The molecule has 1 aromatic rings. The van der Waals surface area contributed by atoms with Gasteiger partial charge in [0, 0.05) is 27.1 Å². The molecule has 22 heavy (non-hydrogen) atoms. The van der Waals surface area contributed by atoms with Gasteiger partial charge < -0.3 is 25.4 Å². The lowest BCUT2D eigenvalue weighted by atomic mass is 10.1. The van der Waals surface area contributed by atoms with Gasteiger partial charge in [0.25, 0.3) is 0 Å². The number of fused-ring (bicyclic) bond motifs is 1. The Bertz CT molecular complexity index is 562. The largest absolute Gasteiger partial charge is 0.507 e. The molecule has 1 unspecified atom stereocenters. The summed E-state index contributed by atoms with van der Waals surface area (Å²) in [7, 11) is 3.42. The number of rotatable bonds is 7. The number of phenolic OH excluding ortho intramolecular Hbond substituents is 1. The van der Waals surface area contributed by atoms with Crippen LogP contribution in [0.2, 0.25) is 0 Å². The highest BCUT2D eigenvalue weighted by molar-refractivity contribution is 5.96. The maximum Gasteiger partial charge on any atom is 0.220 e. The summed E-state index contributed by atoms with van der Waals surface area (Å²) in [5.41, 5.74) is 1.71. The predicted molar refractivity (Wildman–Crippen MR) is 83.4 cm³/mol. The van der Waals surface area contributed by atoms with Crippen molar-refractivity contribution in [1.82, 2.24) is 5.32 Å². The Balaban J connectivity index is 1.96. The second-order valence-electron chi connectivity index (χ2n) is 5.16. The minimum Gasteiger partial charge on any atom is -0.507 e. The molecule has 1 atom stereocenters. The van der Waals surface area contributed by atoms with Crippen LogP contribution in [0.4, 0.5) is 11.4 Å². The van der Waals surface area contributed by atoms with Crippen molar-refractivity contribution in [2.75, 3.05) is 37.5 Å². The van der Waals surface area contributed by atoms with E-state index in [9.17, 15) is 14.7 Å². The summed E-state index contributed by atoms with van der Waals surface area (Å²) in [5, 5.41) is 15.8. The summed E-state index contributed by atoms with van der Waals surface area (Å²) in [5.74, 6) is -0.0815. The van der Waals surface area contributed by atoms with Gasteiger partial charge in [-0.1, -0.05) is 0 Å². The fraction of sp³-hybridized carbons (Fsp3) is 0.467. The van der Waals surface area contributed by atoms with Crippen molar-refractivity contribution in [2.45, 2.75) is 19.0 Å². The summed E-state index contributed by atoms with van der Waals surface area (Å²) >= 11 is 0. The number of benzene rings is 1. The third-order valence-electron chi connectivity index (χ3n) is 3.73. The van der Waals surface area contributed by atoms with Gasteiger partial charge in [-0.15, -0.1) is 0 Å². The van der Waals surface area contributed by atoms with Gasteiger partial charge in [0.15, 0.2) is 6.29 Å². The molecule has 0 spiro atoms. The number of amides is 1. The number of phenols is 1. The molecule has 7 nitrogen and oxygen atoms in total. The maximum atomic E-state index is 11.7. The van der Waals surface area contributed by atoms with Crippen LogP contribution < -0.4 is 15.5 Å². The van der Waals surface area contributed by atoms with Gasteiger partial charge >= 0.3 is 0 Å². The van der Waals surface area contributed by atoms with Gasteiger partial charge in [-0.05, 0) is 18.6 Å². The molecule has 0 radical (unpaired) electrons. The van der Waals surface area contributed by atoms with Gasteiger partial charge in [-0.3, -0.25) is 9.59 Å². The molecule has 3 N–H and O–H groups in total. The number of nitrogens with one attached hydrogen (secondary N) is 2. The summed E-state index contributed by atoms with van der Waals surface area (Å²) in [4.78, 5) is 24.8. The Morgan fingerprint density at radius 1 is 1.55 bits per heavy atom. The first-order valence-corrected chi connectivity index (χ1v) is 7.14. The molecule has 0 bridgehead atoms. The number of aromatic hydroxyl groups is 1. The zero-order valence-corrected chi connectivity index (χ0v) is 12.8. The highest BCUT2D eigenvalue weighted by Gasteiger charge is 2.29. The van der Waals surface area contributed by atoms with Crippen LogP contribution in [-0.2, 0) is 9.53 Å². The first-order valence-electron chi connectivity index (χ1n) is 7.14. The molecule has 0 aliphatic carbocycles. The topological polar surface area (TPSA) is 90.9 Å². The van der Waals surface area contributed by atoms with E-state index in [2.05, 4.69) is 10.6 Å². The van der Waals surface area contributed by atoms with Crippen LogP contribution in [0.5, 0.6) is 5.75 Å². The van der Waals surface area contributed by atoms with Crippen LogP contribution in [0.1, 0.15) is 23.2 Å². The molecular weight excluding hydrogens is 286 g/mol. The van der Waals surface area contributed by atoms with E-state index in [-0.39, 0.29) is 23.4 Å². The average molecular weight is 307 g/mol. The molecule has 0 saturated heterocycles. The maximum absolute atomic E-state index is 11.7. The van der Waals surface area contributed by atoms with Crippen molar-refractivity contribution in [1.29, 1.82) is 0 Å². The minimum absolute atomic E-state index is 0.0401. The zero-order valence-electron chi connectivity index (χ0n) is 12.8. The second kappa shape index (κ2) is 7.13. The van der Waals surface area contributed by atoms with Crippen LogP contribution in [0.15, 0.2) is 12.1 Å². The van der Waals surface area contributed by atoms with Crippen LogP contribution in [0.25, 0.3) is 0 Å². The van der Waals surface area contributed by atoms with Crippen molar-refractivity contribution in [3.05, 3.63) is 17.7 Å². The third kappa shape index (κ3) is 3.30. The minimum atomic E-state index is -0.0938. The van der Waals surface area contributed by atoms with Crippen molar-refractivity contribution in [3.63, 3.8) is 0 Å². The third-order valence-corrected chi connectivity index (χ3v) is 3.73. The molecule has 1 aromatic carbocycles. The predicted octanol–water partition coefficient (Wildman–Crippen LogP) is 0.935. The quantitative estimate of drug-likeness (QED) is 0.394. The first-order chi connectivity index (χ1) is 10.6. The Labute approximate surface area is 129 Å². The smallest absolute Gasteiger partial charge is 0.220 e. The molecule has 120 valence electrons. The molecular formula is C15H21N3O4. The molecule has 1 aliphatic heterocycles. The van der Waals surface area contributed by atoms with Crippen LogP contribution >= 0.6 is 0 Å². The van der Waals surface area contributed by atoms with E-state index < -0.39 is 0 Å². The van der Waals surface area contributed by atoms with Crippen LogP contribution in [-0.4, -0.2) is 50.8 Å². The van der Waals surface area contributed by atoms with Gasteiger partial charge in [0.2, 0.25) is 5.91 Å². The fourth-order valence-corrected chi connectivity index (χ4v) is 2.56.